The van der Waals surface area contributed by atoms with Gasteiger partial charge in [-0.2, -0.15) is 10.5 Å². The van der Waals surface area contributed by atoms with Gasteiger partial charge in [-0.05, 0) is 92.3 Å². The van der Waals surface area contributed by atoms with Crippen LogP contribution < -0.4 is 10.6 Å². The number of benzene rings is 4. The van der Waals surface area contributed by atoms with Gasteiger partial charge < -0.3 is 19.8 Å². The number of amides is 2. The Labute approximate surface area is 289 Å². The average molecular weight is 663 g/mol. The highest BCUT2D eigenvalue weighted by atomic mass is 19.1. The van der Waals surface area contributed by atoms with Crippen molar-refractivity contribution in [3.8, 4) is 34.4 Å². The Morgan fingerprint density at radius 1 is 0.660 bits per heavy atom. The van der Waals surface area contributed by atoms with Gasteiger partial charge in [-0.15, -0.1) is 0 Å². The SMILES string of the molecule is Cc1c2n(c3c(-c4cccc(F)c4)cc(C#N)cc13)CCCNC2=O.Cc1ccc(-c2cc(C#N)cc3c(C)c4n(c23)CCCNC4=O)cc1. The topological polar surface area (TPSA) is 116 Å². The molecule has 2 aliphatic heterocycles. The summed E-state index contributed by atoms with van der Waals surface area (Å²) in [6, 6.07) is 26.5. The molecule has 4 aromatic carbocycles. The van der Waals surface area contributed by atoms with Gasteiger partial charge in [0.05, 0.1) is 34.3 Å². The lowest BCUT2D eigenvalue weighted by Crippen LogP contribution is -2.23. The largest absolute Gasteiger partial charge is 0.351 e. The van der Waals surface area contributed by atoms with Gasteiger partial charge in [0.15, 0.2) is 0 Å². The molecule has 0 saturated carbocycles. The van der Waals surface area contributed by atoms with Crippen LogP contribution in [0.1, 0.15) is 61.6 Å². The summed E-state index contributed by atoms with van der Waals surface area (Å²) in [5.41, 5.74) is 10.9. The highest BCUT2D eigenvalue weighted by Gasteiger charge is 2.26. The number of rotatable bonds is 2. The molecule has 248 valence electrons. The zero-order valence-electron chi connectivity index (χ0n) is 28.2. The number of aryl methyl sites for hydroxylation is 5. The Morgan fingerprint density at radius 3 is 1.64 bits per heavy atom. The first-order chi connectivity index (χ1) is 24.2. The molecule has 2 N–H and O–H groups in total. The monoisotopic (exact) mass is 662 g/mol. The van der Waals surface area contributed by atoms with Crippen molar-refractivity contribution >= 4 is 33.6 Å². The second kappa shape index (κ2) is 13.0. The lowest BCUT2D eigenvalue weighted by molar-refractivity contribution is 0.0942. The molecule has 6 aromatic rings. The predicted molar refractivity (Wildman–Crippen MR) is 192 cm³/mol. The van der Waals surface area contributed by atoms with Gasteiger partial charge in [-0.1, -0.05) is 42.0 Å². The van der Waals surface area contributed by atoms with E-state index in [9.17, 15) is 24.5 Å². The van der Waals surface area contributed by atoms with E-state index >= 15 is 0 Å². The van der Waals surface area contributed by atoms with Gasteiger partial charge in [-0.3, -0.25) is 9.59 Å². The van der Waals surface area contributed by atoms with Gasteiger partial charge in [0.25, 0.3) is 11.8 Å². The minimum Gasteiger partial charge on any atom is -0.351 e. The van der Waals surface area contributed by atoms with Gasteiger partial charge >= 0.3 is 0 Å². The first kappa shape index (κ1) is 32.4. The molecule has 8 rings (SSSR count). The molecule has 0 spiro atoms. The Morgan fingerprint density at radius 2 is 1.16 bits per heavy atom. The normalized spacial score (nSPS) is 13.9. The number of carbonyl (C=O) groups is 2. The summed E-state index contributed by atoms with van der Waals surface area (Å²) in [5.74, 6) is -0.459. The molecule has 0 saturated heterocycles. The van der Waals surface area contributed by atoms with E-state index in [2.05, 4.69) is 58.5 Å². The Kier molecular flexibility index (Phi) is 8.43. The van der Waals surface area contributed by atoms with Crippen molar-refractivity contribution in [3.63, 3.8) is 0 Å². The quantitative estimate of drug-likeness (QED) is 0.198. The van der Waals surface area contributed by atoms with E-state index in [0.717, 1.165) is 74.7 Å². The minimum absolute atomic E-state index is 0.0282. The summed E-state index contributed by atoms with van der Waals surface area (Å²) in [4.78, 5) is 25.0. The second-order valence-electron chi connectivity index (χ2n) is 12.9. The molecule has 50 heavy (non-hydrogen) atoms. The number of hydrogen-bond donors (Lipinski definition) is 2. The van der Waals surface area contributed by atoms with Crippen molar-refractivity contribution < 1.29 is 14.0 Å². The number of nitriles is 2. The fraction of sp³-hybridized carbons (Fsp3) is 0.220. The van der Waals surface area contributed by atoms with E-state index < -0.39 is 0 Å². The molecule has 0 atom stereocenters. The maximum absolute atomic E-state index is 13.8. The molecule has 0 fully saturated rings. The van der Waals surface area contributed by atoms with Crippen LogP contribution in [0.2, 0.25) is 0 Å². The fourth-order valence-corrected chi connectivity index (χ4v) is 7.34. The van der Waals surface area contributed by atoms with E-state index in [1.165, 1.54) is 17.7 Å². The van der Waals surface area contributed by atoms with Crippen LogP contribution >= 0.6 is 0 Å². The smallest absolute Gasteiger partial charge is 0.268 e. The highest BCUT2D eigenvalue weighted by molar-refractivity contribution is 6.07. The Bertz CT molecular complexity index is 2440. The number of halogens is 1. The van der Waals surface area contributed by atoms with Crippen molar-refractivity contribution in [1.82, 2.24) is 19.8 Å². The van der Waals surface area contributed by atoms with Crippen LogP contribution in [0.5, 0.6) is 0 Å². The van der Waals surface area contributed by atoms with Crippen LogP contribution in [0.3, 0.4) is 0 Å². The zero-order valence-corrected chi connectivity index (χ0v) is 28.2. The number of aromatic nitrogens is 2. The number of carbonyl (C=O) groups excluding carboxylic acids is 2. The molecule has 2 aromatic heterocycles. The van der Waals surface area contributed by atoms with Crippen molar-refractivity contribution in [2.24, 2.45) is 0 Å². The van der Waals surface area contributed by atoms with Gasteiger partial charge in [-0.25, -0.2) is 4.39 Å². The zero-order chi connectivity index (χ0) is 35.1. The molecule has 0 radical (unpaired) electrons. The molecule has 0 unspecified atom stereocenters. The number of nitrogens with one attached hydrogen (secondary N) is 2. The molecule has 4 heterocycles. The first-order valence-electron chi connectivity index (χ1n) is 16.7. The van der Waals surface area contributed by atoms with E-state index in [4.69, 9.17) is 0 Å². The Hall–Kier alpha value is -6.19. The fourth-order valence-electron chi connectivity index (χ4n) is 7.34. The van der Waals surface area contributed by atoms with Crippen molar-refractivity contribution in [3.05, 3.63) is 118 Å². The summed E-state index contributed by atoms with van der Waals surface area (Å²) in [7, 11) is 0. The molecule has 9 heteroatoms. The average Bonchev–Trinajstić information content (AvgIpc) is 3.35. The standard InChI is InChI=1S/C21H19N3O.C20H16FN3O/c1-13-4-6-16(7-5-13)18-11-15(12-22)10-17-14(2)19-21(25)23-8-3-9-24(19)20(17)18;1-12-16-8-13(11-22)9-17(14-4-2-5-15(21)10-14)19(16)24-7-3-6-23-20(25)18(12)24/h4-7,10-11H,3,8-9H2,1-2H3,(H,23,25);2,4-5,8-10H,3,6-7H2,1H3,(H,23,25). The maximum Gasteiger partial charge on any atom is 0.268 e. The van der Waals surface area contributed by atoms with Crippen LogP contribution in [0.25, 0.3) is 44.1 Å². The van der Waals surface area contributed by atoms with Gasteiger partial charge in [0.1, 0.15) is 17.2 Å². The molecule has 0 aliphatic carbocycles. The molecule has 0 bridgehead atoms. The molecule has 8 nitrogen and oxygen atoms in total. The predicted octanol–water partition coefficient (Wildman–Crippen LogP) is 7.69. The van der Waals surface area contributed by atoms with E-state index in [1.807, 2.05) is 42.7 Å². The third-order valence-corrected chi connectivity index (χ3v) is 9.69. The number of hydrogen-bond acceptors (Lipinski definition) is 4. The summed E-state index contributed by atoms with van der Waals surface area (Å²) in [6.45, 7) is 8.75. The lowest BCUT2D eigenvalue weighted by Gasteiger charge is -2.11. The van der Waals surface area contributed by atoms with Crippen LogP contribution in [0, 0.1) is 49.3 Å². The summed E-state index contributed by atoms with van der Waals surface area (Å²) >= 11 is 0. The van der Waals surface area contributed by atoms with E-state index in [-0.39, 0.29) is 17.6 Å². The van der Waals surface area contributed by atoms with Crippen molar-refractivity contribution in [2.45, 2.75) is 46.7 Å². The third kappa shape index (κ3) is 5.57. The summed E-state index contributed by atoms with van der Waals surface area (Å²) in [6.07, 6.45) is 1.72. The van der Waals surface area contributed by atoms with Gasteiger partial charge in [0.2, 0.25) is 0 Å². The second-order valence-corrected chi connectivity index (χ2v) is 12.9. The van der Waals surface area contributed by atoms with Gasteiger partial charge in [0, 0.05) is 48.1 Å². The first-order valence-corrected chi connectivity index (χ1v) is 16.7. The molecule has 2 aliphatic rings. The minimum atomic E-state index is -0.329. The number of nitrogens with zero attached hydrogens (tertiary/aromatic N) is 4. The van der Waals surface area contributed by atoms with E-state index in [1.54, 1.807) is 12.1 Å². The molecular weight excluding hydrogens is 627 g/mol. The lowest BCUT2D eigenvalue weighted by atomic mass is 9.98. The van der Waals surface area contributed by atoms with Crippen molar-refractivity contribution in [1.29, 1.82) is 10.5 Å². The van der Waals surface area contributed by atoms with E-state index in [0.29, 0.717) is 42.0 Å². The van der Waals surface area contributed by atoms with Crippen LogP contribution in [-0.2, 0) is 13.1 Å². The highest BCUT2D eigenvalue weighted by Crippen LogP contribution is 2.38. The van der Waals surface area contributed by atoms with Crippen LogP contribution in [0.4, 0.5) is 4.39 Å². The maximum atomic E-state index is 13.8. The summed E-state index contributed by atoms with van der Waals surface area (Å²) < 4.78 is 17.9. The molecular formula is C41H35FN6O2. The third-order valence-electron chi connectivity index (χ3n) is 9.69. The van der Waals surface area contributed by atoms with Crippen molar-refractivity contribution in [2.75, 3.05) is 13.1 Å². The summed E-state index contributed by atoms with van der Waals surface area (Å²) in [5, 5.41) is 26.6. The van der Waals surface area contributed by atoms with Crippen LogP contribution in [0.15, 0.2) is 72.8 Å². The number of fused-ring (bicyclic) bond motifs is 6. The van der Waals surface area contributed by atoms with Crippen LogP contribution in [-0.4, -0.2) is 34.0 Å². The Balaban J connectivity index is 0.000000157. The molecule has 2 amide bonds.